The van der Waals surface area contributed by atoms with E-state index in [1.165, 1.54) is 12.1 Å². The van der Waals surface area contributed by atoms with Gasteiger partial charge in [0.15, 0.2) is 5.75 Å². The third-order valence-electron chi connectivity index (χ3n) is 3.96. The number of fused-ring (bicyclic) bond motifs is 1. The highest BCUT2D eigenvalue weighted by atomic mass is 35.5. The fourth-order valence-corrected chi connectivity index (χ4v) is 3.28. The molecule has 2 aromatic carbocycles. The highest BCUT2D eigenvalue weighted by molar-refractivity contribution is 6.37. The summed E-state index contributed by atoms with van der Waals surface area (Å²) in [6.45, 7) is 2.62. The van der Waals surface area contributed by atoms with Gasteiger partial charge in [0.1, 0.15) is 11.6 Å². The summed E-state index contributed by atoms with van der Waals surface area (Å²) >= 11 is 12.0. The van der Waals surface area contributed by atoms with Crippen LogP contribution < -0.4 is 0 Å². The molecule has 0 radical (unpaired) electrons. The maximum absolute atomic E-state index is 13.5. The number of aryl methyl sites for hydroxylation is 1. The first kappa shape index (κ1) is 17.1. The third kappa shape index (κ3) is 3.35. The molecule has 0 spiro atoms. The van der Waals surface area contributed by atoms with Crippen molar-refractivity contribution >= 4 is 34.2 Å². The van der Waals surface area contributed by atoms with Crippen LogP contribution in [-0.4, -0.2) is 14.7 Å². The number of phenolic OH excluding ortho intramolecular Hbond substituents is 1. The fraction of sp³-hybridized carbons (Fsp3) is 0.278. The summed E-state index contributed by atoms with van der Waals surface area (Å²) in [5, 5.41) is 10.1. The summed E-state index contributed by atoms with van der Waals surface area (Å²) in [6, 6.07) is 7.97. The summed E-state index contributed by atoms with van der Waals surface area (Å²) in [4.78, 5) is 4.58. The molecular formula is C18H17Cl2FN2O. The Balaban J connectivity index is 2.06. The van der Waals surface area contributed by atoms with Gasteiger partial charge in [-0.3, -0.25) is 0 Å². The van der Waals surface area contributed by atoms with E-state index in [4.69, 9.17) is 23.2 Å². The SMILES string of the molecule is CCCCc1nc2cc(F)ccc2n1Cc1cc(Cl)c(O)c(Cl)c1. The number of hydrogen-bond donors (Lipinski definition) is 1. The maximum atomic E-state index is 13.5. The number of benzene rings is 2. The van der Waals surface area contributed by atoms with Gasteiger partial charge < -0.3 is 9.67 Å². The quantitative estimate of drug-likeness (QED) is 0.639. The van der Waals surface area contributed by atoms with Crippen LogP contribution in [0.4, 0.5) is 4.39 Å². The molecule has 0 amide bonds. The van der Waals surface area contributed by atoms with Crippen LogP contribution in [0.1, 0.15) is 31.2 Å². The van der Waals surface area contributed by atoms with Gasteiger partial charge in [-0.05, 0) is 36.2 Å². The van der Waals surface area contributed by atoms with E-state index in [9.17, 15) is 9.50 Å². The number of aromatic nitrogens is 2. The monoisotopic (exact) mass is 366 g/mol. The lowest BCUT2D eigenvalue weighted by molar-refractivity contribution is 0.475. The minimum absolute atomic E-state index is 0.120. The van der Waals surface area contributed by atoms with Crippen molar-refractivity contribution in [1.82, 2.24) is 9.55 Å². The number of aromatic hydroxyl groups is 1. The smallest absolute Gasteiger partial charge is 0.152 e. The predicted molar refractivity (Wildman–Crippen MR) is 95.5 cm³/mol. The maximum Gasteiger partial charge on any atom is 0.152 e. The highest BCUT2D eigenvalue weighted by Gasteiger charge is 2.13. The molecule has 0 saturated heterocycles. The van der Waals surface area contributed by atoms with Crippen molar-refractivity contribution in [2.45, 2.75) is 32.7 Å². The van der Waals surface area contributed by atoms with Crippen molar-refractivity contribution in [1.29, 1.82) is 0 Å². The summed E-state index contributed by atoms with van der Waals surface area (Å²) in [7, 11) is 0. The minimum atomic E-state index is -0.301. The molecule has 0 atom stereocenters. The Hall–Kier alpha value is -1.78. The van der Waals surface area contributed by atoms with Crippen LogP contribution in [0.2, 0.25) is 10.0 Å². The summed E-state index contributed by atoms with van der Waals surface area (Å²) in [6.07, 6.45) is 2.86. The average Bonchev–Trinajstić information content (AvgIpc) is 2.87. The van der Waals surface area contributed by atoms with E-state index >= 15 is 0 Å². The van der Waals surface area contributed by atoms with E-state index in [-0.39, 0.29) is 21.6 Å². The lowest BCUT2D eigenvalue weighted by Gasteiger charge is -2.11. The zero-order chi connectivity index (χ0) is 17.3. The van der Waals surface area contributed by atoms with Gasteiger partial charge in [-0.25, -0.2) is 9.37 Å². The second-order valence-electron chi connectivity index (χ2n) is 5.76. The Morgan fingerprint density at radius 3 is 2.54 bits per heavy atom. The van der Waals surface area contributed by atoms with Gasteiger partial charge in [0.05, 0.1) is 21.1 Å². The normalized spacial score (nSPS) is 11.3. The van der Waals surface area contributed by atoms with E-state index in [1.54, 1.807) is 18.2 Å². The molecule has 6 heteroatoms. The number of hydrogen-bond acceptors (Lipinski definition) is 2. The molecule has 3 rings (SSSR count). The molecular weight excluding hydrogens is 350 g/mol. The molecule has 0 aliphatic heterocycles. The van der Waals surface area contributed by atoms with Crippen molar-refractivity contribution in [3.05, 3.63) is 57.6 Å². The van der Waals surface area contributed by atoms with E-state index in [2.05, 4.69) is 11.9 Å². The Morgan fingerprint density at radius 2 is 1.88 bits per heavy atom. The molecule has 0 aliphatic rings. The van der Waals surface area contributed by atoms with Crippen LogP contribution in [0.15, 0.2) is 30.3 Å². The lowest BCUT2D eigenvalue weighted by Crippen LogP contribution is -2.05. The van der Waals surface area contributed by atoms with Gasteiger partial charge in [0, 0.05) is 19.0 Å². The third-order valence-corrected chi connectivity index (χ3v) is 4.54. The van der Waals surface area contributed by atoms with E-state index in [0.717, 1.165) is 36.2 Å². The van der Waals surface area contributed by atoms with Gasteiger partial charge >= 0.3 is 0 Å². The highest BCUT2D eigenvalue weighted by Crippen LogP contribution is 2.33. The number of halogens is 3. The molecule has 1 aromatic heterocycles. The second kappa shape index (κ2) is 6.99. The molecule has 0 fully saturated rings. The topological polar surface area (TPSA) is 38.0 Å². The zero-order valence-electron chi connectivity index (χ0n) is 13.2. The van der Waals surface area contributed by atoms with Gasteiger partial charge in [-0.2, -0.15) is 0 Å². The Morgan fingerprint density at radius 1 is 1.17 bits per heavy atom. The van der Waals surface area contributed by atoms with Crippen LogP contribution in [0, 0.1) is 5.82 Å². The second-order valence-corrected chi connectivity index (χ2v) is 6.57. The van der Waals surface area contributed by atoms with Crippen molar-refractivity contribution in [2.75, 3.05) is 0 Å². The number of phenols is 1. The lowest BCUT2D eigenvalue weighted by atomic mass is 10.2. The van der Waals surface area contributed by atoms with E-state index in [0.29, 0.717) is 12.1 Å². The van der Waals surface area contributed by atoms with E-state index in [1.807, 2.05) is 4.57 Å². The van der Waals surface area contributed by atoms with Crippen molar-refractivity contribution in [3.63, 3.8) is 0 Å². The molecule has 0 saturated carbocycles. The number of imidazole rings is 1. The molecule has 0 aliphatic carbocycles. The van der Waals surface area contributed by atoms with Crippen LogP contribution in [0.25, 0.3) is 11.0 Å². The number of nitrogens with zero attached hydrogens (tertiary/aromatic N) is 2. The molecule has 0 unspecified atom stereocenters. The minimum Gasteiger partial charge on any atom is -0.505 e. The van der Waals surface area contributed by atoms with Crippen LogP contribution >= 0.6 is 23.2 Å². The first-order valence-corrected chi connectivity index (χ1v) is 8.56. The average molecular weight is 367 g/mol. The Bertz CT molecular complexity index is 869. The van der Waals surface area contributed by atoms with E-state index < -0.39 is 0 Å². The zero-order valence-corrected chi connectivity index (χ0v) is 14.7. The molecule has 3 nitrogen and oxygen atoms in total. The van der Waals surface area contributed by atoms with Crippen LogP contribution in [-0.2, 0) is 13.0 Å². The summed E-state index contributed by atoms with van der Waals surface area (Å²) in [5.41, 5.74) is 2.35. The largest absolute Gasteiger partial charge is 0.505 e. The van der Waals surface area contributed by atoms with Crippen molar-refractivity contribution in [3.8, 4) is 5.75 Å². The standard InChI is InChI=1S/C18H17Cl2FN2O/c1-2-3-4-17-22-15-9-12(21)5-6-16(15)23(17)10-11-7-13(19)18(24)14(20)8-11/h5-9,24H,2-4,10H2,1H3. The van der Waals surface area contributed by atoms with Crippen LogP contribution in [0.5, 0.6) is 5.75 Å². The molecule has 0 bridgehead atoms. The number of rotatable bonds is 5. The Kier molecular flexibility index (Phi) is 4.97. The first-order chi connectivity index (χ1) is 11.5. The molecule has 3 aromatic rings. The molecule has 1 heterocycles. The first-order valence-electron chi connectivity index (χ1n) is 7.81. The van der Waals surface area contributed by atoms with Gasteiger partial charge in [0.2, 0.25) is 0 Å². The summed E-state index contributed by atoms with van der Waals surface area (Å²) < 4.78 is 15.5. The van der Waals surface area contributed by atoms with Gasteiger partial charge in [-0.15, -0.1) is 0 Å². The van der Waals surface area contributed by atoms with Gasteiger partial charge in [-0.1, -0.05) is 36.5 Å². The van der Waals surface area contributed by atoms with Crippen LogP contribution in [0.3, 0.4) is 0 Å². The van der Waals surface area contributed by atoms with Crippen molar-refractivity contribution in [2.24, 2.45) is 0 Å². The fourth-order valence-electron chi connectivity index (χ4n) is 2.75. The van der Waals surface area contributed by atoms with Gasteiger partial charge in [0.25, 0.3) is 0 Å². The summed E-state index contributed by atoms with van der Waals surface area (Å²) in [5.74, 6) is 0.480. The predicted octanol–water partition coefficient (Wildman–Crippen LogP) is 5.58. The molecule has 24 heavy (non-hydrogen) atoms. The number of unbranched alkanes of at least 4 members (excludes halogenated alkanes) is 1. The molecule has 126 valence electrons. The molecule has 1 N–H and O–H groups in total. The van der Waals surface area contributed by atoms with Crippen molar-refractivity contribution < 1.29 is 9.50 Å². The Labute approximate surface area is 149 Å².